The number of ketones is 2. The van der Waals surface area contributed by atoms with Gasteiger partial charge in [0.05, 0.1) is 5.60 Å². The van der Waals surface area contributed by atoms with E-state index >= 15 is 0 Å². The zero-order valence-corrected chi connectivity index (χ0v) is 18.0. The molecule has 4 nitrogen and oxygen atoms in total. The molecule has 4 aliphatic carbocycles. The Hall–Kier alpha value is -1.00. The summed E-state index contributed by atoms with van der Waals surface area (Å²) < 4.78 is 0. The van der Waals surface area contributed by atoms with Crippen LogP contribution in [0.1, 0.15) is 96.8 Å². The van der Waals surface area contributed by atoms with Gasteiger partial charge in [-0.2, -0.15) is 0 Å². The molecule has 0 amide bonds. The van der Waals surface area contributed by atoms with Crippen molar-refractivity contribution < 1.29 is 19.8 Å². The summed E-state index contributed by atoms with van der Waals surface area (Å²) in [6, 6.07) is 0. The fraction of sp³-hybridized carbons (Fsp3) is 0.840. The van der Waals surface area contributed by atoms with E-state index in [4.69, 9.17) is 5.11 Å². The lowest BCUT2D eigenvalue weighted by Crippen LogP contribution is -2.50. The Labute approximate surface area is 175 Å². The molecule has 0 bridgehead atoms. The molecule has 3 saturated carbocycles. The van der Waals surface area contributed by atoms with Crippen molar-refractivity contribution in [2.24, 2.45) is 23.2 Å². The van der Waals surface area contributed by atoms with Crippen LogP contribution in [0.5, 0.6) is 0 Å². The van der Waals surface area contributed by atoms with E-state index in [0.717, 1.165) is 64.2 Å². The third-order valence-electron chi connectivity index (χ3n) is 8.77. The summed E-state index contributed by atoms with van der Waals surface area (Å²) in [5, 5.41) is 20.3. The van der Waals surface area contributed by atoms with E-state index < -0.39 is 5.60 Å². The first-order valence-electron chi connectivity index (χ1n) is 12.0. The van der Waals surface area contributed by atoms with Crippen LogP contribution in [0.25, 0.3) is 0 Å². The van der Waals surface area contributed by atoms with E-state index in [1.54, 1.807) is 0 Å². The molecule has 0 spiro atoms. The Morgan fingerprint density at radius 2 is 1.76 bits per heavy atom. The van der Waals surface area contributed by atoms with Gasteiger partial charge in [0.25, 0.3) is 0 Å². The lowest BCUT2D eigenvalue weighted by molar-refractivity contribution is -0.129. The Morgan fingerprint density at radius 3 is 2.55 bits per heavy atom. The van der Waals surface area contributed by atoms with Crippen molar-refractivity contribution in [3.8, 4) is 0 Å². The van der Waals surface area contributed by atoms with Gasteiger partial charge in [0.15, 0.2) is 0 Å². The first kappa shape index (κ1) is 21.2. The van der Waals surface area contributed by atoms with E-state index in [2.05, 4.69) is 6.92 Å². The number of unbranched alkanes of at least 4 members (excludes halogenated alkanes) is 4. The highest BCUT2D eigenvalue weighted by Gasteiger charge is 2.58. The van der Waals surface area contributed by atoms with Crippen LogP contribution in [-0.2, 0) is 9.59 Å². The fourth-order valence-electron chi connectivity index (χ4n) is 7.33. The zero-order valence-electron chi connectivity index (χ0n) is 18.0. The van der Waals surface area contributed by atoms with E-state index in [1.807, 2.05) is 0 Å². The smallest absolute Gasteiger partial charge is 0.139 e. The second kappa shape index (κ2) is 8.26. The normalized spacial score (nSPS) is 39.3. The molecule has 0 aromatic heterocycles. The average molecular weight is 403 g/mol. The molecule has 0 aliphatic heterocycles. The molecule has 0 aromatic rings. The minimum atomic E-state index is -0.906. The maximum atomic E-state index is 12.9. The lowest BCUT2D eigenvalue weighted by Gasteiger charge is -2.53. The second-order valence-electron chi connectivity index (χ2n) is 10.5. The number of fused-ring (bicyclic) bond motifs is 4. The number of aliphatic hydroxyl groups is 2. The fourth-order valence-corrected chi connectivity index (χ4v) is 7.33. The highest BCUT2D eigenvalue weighted by Crippen LogP contribution is 2.62. The molecule has 0 saturated heterocycles. The van der Waals surface area contributed by atoms with E-state index in [-0.39, 0.29) is 17.8 Å². The third kappa shape index (κ3) is 3.76. The van der Waals surface area contributed by atoms with Gasteiger partial charge in [-0.05, 0) is 68.3 Å². The van der Waals surface area contributed by atoms with Crippen LogP contribution in [0.4, 0.5) is 0 Å². The minimum Gasteiger partial charge on any atom is -0.396 e. The first-order valence-corrected chi connectivity index (χ1v) is 12.0. The molecule has 5 atom stereocenters. The number of Topliss-reactive ketones (excluding diaryl/α,β-unsaturated/α-hetero) is 2. The van der Waals surface area contributed by atoms with Gasteiger partial charge >= 0.3 is 0 Å². The predicted octanol–water partition coefficient (Wildman–Crippen LogP) is 4.52. The number of hydrogen-bond acceptors (Lipinski definition) is 4. The molecule has 29 heavy (non-hydrogen) atoms. The van der Waals surface area contributed by atoms with Crippen LogP contribution in [0.2, 0.25) is 0 Å². The van der Waals surface area contributed by atoms with Crippen LogP contribution in [0, 0.1) is 23.2 Å². The Kier molecular flexibility index (Phi) is 6.05. The number of aliphatic hydroxyl groups excluding tert-OH is 1. The number of carbonyl (C=O) groups excluding carboxylic acids is 2. The van der Waals surface area contributed by atoms with Crippen LogP contribution in [0.15, 0.2) is 11.1 Å². The number of allylic oxidation sites excluding steroid dienone is 1. The monoisotopic (exact) mass is 402 g/mol. The molecule has 4 aliphatic rings. The molecule has 3 fully saturated rings. The van der Waals surface area contributed by atoms with E-state index in [0.29, 0.717) is 42.8 Å². The largest absolute Gasteiger partial charge is 0.396 e. The molecule has 4 heteroatoms. The molecule has 0 unspecified atom stereocenters. The third-order valence-corrected chi connectivity index (χ3v) is 8.77. The zero-order chi connectivity index (χ0) is 20.6. The average Bonchev–Trinajstić information content (AvgIpc) is 2.98. The van der Waals surface area contributed by atoms with E-state index in [1.165, 1.54) is 17.6 Å². The molecular weight excluding hydrogens is 364 g/mol. The quantitative estimate of drug-likeness (QED) is 0.485. The Morgan fingerprint density at radius 1 is 1.00 bits per heavy atom. The number of hydrogen-bond donors (Lipinski definition) is 2. The molecule has 2 N–H and O–H groups in total. The summed E-state index contributed by atoms with van der Waals surface area (Å²) in [6.45, 7) is 2.49. The number of carbonyl (C=O) groups is 2. The summed E-state index contributed by atoms with van der Waals surface area (Å²) in [4.78, 5) is 24.9. The van der Waals surface area contributed by atoms with Crippen molar-refractivity contribution in [3.63, 3.8) is 0 Å². The van der Waals surface area contributed by atoms with Gasteiger partial charge in [0.2, 0.25) is 0 Å². The van der Waals surface area contributed by atoms with Crippen LogP contribution in [0.3, 0.4) is 0 Å². The van der Waals surface area contributed by atoms with Crippen molar-refractivity contribution in [2.45, 2.75) is 102 Å². The summed E-state index contributed by atoms with van der Waals surface area (Å²) in [5.41, 5.74) is 1.58. The van der Waals surface area contributed by atoms with Crippen molar-refractivity contribution in [1.82, 2.24) is 0 Å². The van der Waals surface area contributed by atoms with Crippen LogP contribution < -0.4 is 0 Å². The standard InChI is InChI=1S/C25H38O4/c1-24-15-17(7-5-3-2-4-6-14-26)23-19(20(24)10-11-22(24)28)12-13-25(29)16-18(27)8-9-21(23)25/h17,19-20,26,29H,2-16H2,1H3/t17-,19-,20-,24-,25+/m0/s1. The van der Waals surface area contributed by atoms with Crippen LogP contribution in [-0.4, -0.2) is 34.0 Å². The van der Waals surface area contributed by atoms with Gasteiger partial charge < -0.3 is 10.2 Å². The maximum absolute atomic E-state index is 12.9. The molecule has 0 radical (unpaired) electrons. The van der Waals surface area contributed by atoms with Crippen molar-refractivity contribution in [1.29, 1.82) is 0 Å². The van der Waals surface area contributed by atoms with Crippen molar-refractivity contribution in [3.05, 3.63) is 11.1 Å². The Bertz CT molecular complexity index is 695. The minimum absolute atomic E-state index is 0.184. The predicted molar refractivity (Wildman–Crippen MR) is 112 cm³/mol. The summed E-state index contributed by atoms with van der Waals surface area (Å²) in [7, 11) is 0. The molecular formula is C25H38O4. The van der Waals surface area contributed by atoms with Crippen molar-refractivity contribution >= 4 is 11.6 Å². The van der Waals surface area contributed by atoms with Gasteiger partial charge in [-0.1, -0.05) is 38.2 Å². The molecule has 162 valence electrons. The van der Waals surface area contributed by atoms with Gasteiger partial charge in [0, 0.05) is 31.3 Å². The van der Waals surface area contributed by atoms with Crippen molar-refractivity contribution in [2.75, 3.05) is 6.61 Å². The van der Waals surface area contributed by atoms with Gasteiger partial charge in [0.1, 0.15) is 11.6 Å². The number of rotatable bonds is 7. The highest BCUT2D eigenvalue weighted by molar-refractivity contribution is 5.87. The second-order valence-corrected chi connectivity index (χ2v) is 10.5. The van der Waals surface area contributed by atoms with Crippen LogP contribution >= 0.6 is 0 Å². The molecule has 0 aromatic carbocycles. The van der Waals surface area contributed by atoms with E-state index in [9.17, 15) is 14.7 Å². The molecule has 0 heterocycles. The summed E-state index contributed by atoms with van der Waals surface area (Å²) >= 11 is 0. The Balaban J connectivity index is 1.59. The van der Waals surface area contributed by atoms with Gasteiger partial charge in [-0.3, -0.25) is 9.59 Å². The highest BCUT2D eigenvalue weighted by atomic mass is 16.3. The maximum Gasteiger partial charge on any atom is 0.139 e. The lowest BCUT2D eigenvalue weighted by atomic mass is 9.52. The summed E-state index contributed by atoms with van der Waals surface area (Å²) in [5.74, 6) is 1.91. The molecule has 4 rings (SSSR count). The topological polar surface area (TPSA) is 74.6 Å². The summed E-state index contributed by atoms with van der Waals surface area (Å²) in [6.07, 6.45) is 12.4. The van der Waals surface area contributed by atoms with Gasteiger partial charge in [-0.25, -0.2) is 0 Å². The van der Waals surface area contributed by atoms with Gasteiger partial charge in [-0.15, -0.1) is 0 Å². The first-order chi connectivity index (χ1) is 13.9. The SMILES string of the molecule is C[C@]12C[C@H](CCCCCCCO)C3=C4CCC(=O)C[C@]4(O)CC[C@H]3[C@@H]1CCC2=O.